The summed E-state index contributed by atoms with van der Waals surface area (Å²) in [6.07, 6.45) is 8.61. The fourth-order valence-corrected chi connectivity index (χ4v) is 3.91. The summed E-state index contributed by atoms with van der Waals surface area (Å²) in [6.45, 7) is 2.36. The van der Waals surface area contributed by atoms with Gasteiger partial charge in [-0.1, -0.05) is 25.7 Å². The number of aromatic nitrogens is 1. The normalized spacial score (nSPS) is 18.5. The smallest absolute Gasteiger partial charge is 0.317 e. The number of hydrogen-bond acceptors (Lipinski definition) is 6. The first-order valence-corrected chi connectivity index (χ1v) is 10.00. The molecule has 148 valence electrons. The van der Waals surface area contributed by atoms with E-state index in [9.17, 15) is 10.1 Å². The molecule has 8 nitrogen and oxygen atoms in total. The lowest BCUT2D eigenvalue weighted by Crippen LogP contribution is -2.53. The largest absolute Gasteiger partial charge is 0.459 e. The molecule has 1 aliphatic heterocycles. The van der Waals surface area contributed by atoms with Crippen LogP contribution in [0.25, 0.3) is 11.7 Å². The number of piperazine rings is 1. The van der Waals surface area contributed by atoms with Crippen molar-refractivity contribution in [2.45, 2.75) is 44.6 Å². The van der Waals surface area contributed by atoms with Crippen LogP contribution >= 0.6 is 0 Å². The molecule has 0 unspecified atom stereocenters. The second-order valence-electron chi connectivity index (χ2n) is 7.37. The number of nitriles is 1. The average molecular weight is 383 g/mol. The molecule has 2 aromatic rings. The van der Waals surface area contributed by atoms with Gasteiger partial charge in [0.25, 0.3) is 5.89 Å². The molecular weight excluding hydrogens is 358 g/mol. The van der Waals surface area contributed by atoms with Gasteiger partial charge < -0.3 is 24.0 Å². The van der Waals surface area contributed by atoms with Crippen LogP contribution in [0.5, 0.6) is 0 Å². The first-order valence-electron chi connectivity index (χ1n) is 10.00. The van der Waals surface area contributed by atoms with Crippen molar-refractivity contribution in [3.8, 4) is 17.7 Å². The van der Waals surface area contributed by atoms with E-state index >= 15 is 0 Å². The molecule has 1 saturated heterocycles. The van der Waals surface area contributed by atoms with Gasteiger partial charge in [-0.05, 0) is 25.0 Å². The van der Waals surface area contributed by atoms with Crippen LogP contribution in [0.3, 0.4) is 0 Å². The van der Waals surface area contributed by atoms with Crippen molar-refractivity contribution in [1.29, 1.82) is 5.26 Å². The van der Waals surface area contributed by atoms with E-state index < -0.39 is 0 Å². The Hall–Kier alpha value is -2.95. The molecule has 4 rings (SSSR count). The lowest BCUT2D eigenvalue weighted by atomic mass is 10.1. The third kappa shape index (κ3) is 3.98. The predicted octanol–water partition coefficient (Wildman–Crippen LogP) is 3.36. The highest BCUT2D eigenvalue weighted by molar-refractivity contribution is 5.75. The van der Waals surface area contributed by atoms with E-state index in [2.05, 4.69) is 16.4 Å². The van der Waals surface area contributed by atoms with E-state index in [0.717, 1.165) is 12.8 Å². The van der Waals surface area contributed by atoms with Crippen LogP contribution in [0.4, 0.5) is 10.7 Å². The summed E-state index contributed by atoms with van der Waals surface area (Å²) in [5, 5.41) is 12.6. The number of carbonyl (C=O) groups excluding carboxylic acids is 1. The Bertz CT molecular complexity index is 823. The summed E-state index contributed by atoms with van der Waals surface area (Å²) in [5.74, 6) is 1.23. The average Bonchev–Trinajstić information content (AvgIpc) is 3.33. The van der Waals surface area contributed by atoms with Gasteiger partial charge >= 0.3 is 6.03 Å². The van der Waals surface area contributed by atoms with Crippen molar-refractivity contribution in [3.05, 3.63) is 24.1 Å². The Morgan fingerprint density at radius 3 is 2.57 bits per heavy atom. The van der Waals surface area contributed by atoms with Gasteiger partial charge in [-0.25, -0.2) is 4.79 Å². The van der Waals surface area contributed by atoms with Gasteiger partial charge in [0.15, 0.2) is 5.76 Å². The number of amides is 2. The summed E-state index contributed by atoms with van der Waals surface area (Å²) in [6, 6.07) is 5.89. The van der Waals surface area contributed by atoms with Gasteiger partial charge in [0, 0.05) is 32.2 Å². The minimum absolute atomic E-state index is 0.0147. The molecule has 0 radical (unpaired) electrons. The van der Waals surface area contributed by atoms with E-state index in [1.54, 1.807) is 12.1 Å². The number of furan rings is 1. The molecule has 0 atom stereocenters. The van der Waals surface area contributed by atoms with Crippen LogP contribution < -0.4 is 10.2 Å². The summed E-state index contributed by atoms with van der Waals surface area (Å²) in [5.41, 5.74) is 0.239. The molecule has 8 heteroatoms. The monoisotopic (exact) mass is 383 g/mol. The first kappa shape index (κ1) is 18.4. The maximum absolute atomic E-state index is 12.6. The van der Waals surface area contributed by atoms with Crippen molar-refractivity contribution >= 4 is 11.9 Å². The first-order chi connectivity index (χ1) is 13.7. The van der Waals surface area contributed by atoms with Gasteiger partial charge in [0.05, 0.1) is 6.26 Å². The molecule has 0 aromatic carbocycles. The zero-order chi connectivity index (χ0) is 19.3. The summed E-state index contributed by atoms with van der Waals surface area (Å²) < 4.78 is 11.1. The second-order valence-corrected chi connectivity index (χ2v) is 7.37. The van der Waals surface area contributed by atoms with Gasteiger partial charge in [-0.15, -0.1) is 0 Å². The highest BCUT2D eigenvalue weighted by atomic mass is 16.4. The van der Waals surface area contributed by atoms with Crippen LogP contribution in [-0.4, -0.2) is 48.1 Å². The van der Waals surface area contributed by atoms with Crippen LogP contribution in [0.15, 0.2) is 27.2 Å². The molecule has 2 aromatic heterocycles. The molecule has 0 spiro atoms. The lowest BCUT2D eigenvalue weighted by Gasteiger charge is -2.35. The van der Waals surface area contributed by atoms with Gasteiger partial charge in [-0.3, -0.25) is 0 Å². The third-order valence-corrected chi connectivity index (χ3v) is 5.48. The zero-order valence-electron chi connectivity index (χ0n) is 15.9. The molecule has 1 N–H and O–H groups in total. The fraction of sp³-hybridized carbons (Fsp3) is 0.550. The topological polar surface area (TPSA) is 98.5 Å². The molecule has 3 heterocycles. The molecule has 2 fully saturated rings. The molecule has 2 aliphatic rings. The molecule has 0 bridgehead atoms. The number of carbonyl (C=O) groups is 1. The fourth-order valence-electron chi connectivity index (χ4n) is 3.91. The van der Waals surface area contributed by atoms with Crippen LogP contribution in [0.1, 0.15) is 44.2 Å². The Morgan fingerprint density at radius 2 is 1.93 bits per heavy atom. The van der Waals surface area contributed by atoms with Crippen LogP contribution in [0, 0.1) is 11.3 Å². The number of oxazole rings is 1. The summed E-state index contributed by atoms with van der Waals surface area (Å²) in [4.78, 5) is 20.6. The minimum atomic E-state index is 0.0147. The third-order valence-electron chi connectivity index (χ3n) is 5.48. The standard InChI is InChI=1S/C20H25N5O3/c21-14-16-19(28-18(23-16)17-8-5-13-27-17)24-9-11-25(12-10-24)20(26)22-15-6-3-1-2-4-7-15/h5,8,13,15H,1-4,6-7,9-12H2,(H,22,26). The predicted molar refractivity (Wildman–Crippen MR) is 103 cm³/mol. The van der Waals surface area contributed by atoms with Crippen molar-refractivity contribution < 1.29 is 13.6 Å². The number of urea groups is 1. The second kappa shape index (κ2) is 8.38. The lowest BCUT2D eigenvalue weighted by molar-refractivity contribution is 0.188. The molecule has 1 aliphatic carbocycles. The van der Waals surface area contributed by atoms with E-state index in [1.807, 2.05) is 9.80 Å². The van der Waals surface area contributed by atoms with Crippen molar-refractivity contribution in [1.82, 2.24) is 15.2 Å². The Morgan fingerprint density at radius 1 is 1.18 bits per heavy atom. The number of rotatable bonds is 3. The van der Waals surface area contributed by atoms with Crippen LogP contribution in [-0.2, 0) is 0 Å². The van der Waals surface area contributed by atoms with Crippen LogP contribution in [0.2, 0.25) is 0 Å². The SMILES string of the molecule is N#Cc1nc(-c2ccco2)oc1N1CCN(C(=O)NC2CCCCCC2)CC1. The van der Waals surface area contributed by atoms with Crippen molar-refractivity contribution in [2.75, 3.05) is 31.1 Å². The minimum Gasteiger partial charge on any atom is -0.459 e. The van der Waals surface area contributed by atoms with E-state index in [1.165, 1.54) is 31.9 Å². The van der Waals surface area contributed by atoms with Gasteiger partial charge in [0.2, 0.25) is 11.6 Å². The Labute approximate surface area is 164 Å². The quantitative estimate of drug-likeness (QED) is 0.816. The van der Waals surface area contributed by atoms with Gasteiger partial charge in [-0.2, -0.15) is 10.2 Å². The molecule has 2 amide bonds. The van der Waals surface area contributed by atoms with E-state index in [0.29, 0.717) is 49.8 Å². The maximum atomic E-state index is 12.6. The summed E-state index contributed by atoms with van der Waals surface area (Å²) in [7, 11) is 0. The molecular formula is C20H25N5O3. The number of hydrogen-bond donors (Lipinski definition) is 1. The van der Waals surface area contributed by atoms with E-state index in [-0.39, 0.29) is 11.7 Å². The number of nitrogens with one attached hydrogen (secondary N) is 1. The van der Waals surface area contributed by atoms with Gasteiger partial charge in [0.1, 0.15) is 6.07 Å². The highest BCUT2D eigenvalue weighted by Crippen LogP contribution is 2.29. The maximum Gasteiger partial charge on any atom is 0.317 e. The highest BCUT2D eigenvalue weighted by Gasteiger charge is 2.28. The molecule has 28 heavy (non-hydrogen) atoms. The van der Waals surface area contributed by atoms with Crippen molar-refractivity contribution in [3.63, 3.8) is 0 Å². The number of nitrogens with zero attached hydrogens (tertiary/aromatic N) is 4. The molecule has 1 saturated carbocycles. The Balaban J connectivity index is 1.36. The Kier molecular flexibility index (Phi) is 5.51. The number of anilines is 1. The van der Waals surface area contributed by atoms with E-state index in [4.69, 9.17) is 8.83 Å². The summed E-state index contributed by atoms with van der Waals surface area (Å²) >= 11 is 0. The zero-order valence-corrected chi connectivity index (χ0v) is 15.9. The van der Waals surface area contributed by atoms with Crippen molar-refractivity contribution in [2.24, 2.45) is 0 Å².